The van der Waals surface area contributed by atoms with Crippen molar-refractivity contribution in [3.8, 4) is 0 Å². The molecule has 2 aromatic carbocycles. The molecule has 0 spiro atoms. The largest absolute Gasteiger partial charge is 0.361 e. The van der Waals surface area contributed by atoms with Crippen molar-refractivity contribution >= 4 is 39.9 Å². The molecule has 4 aromatic rings. The Kier molecular flexibility index (Phi) is 5.21. The Morgan fingerprint density at radius 2 is 1.96 bits per heavy atom. The molecule has 2 aromatic heterocycles. The molecule has 0 saturated heterocycles. The average Bonchev–Trinajstić information content (AvgIpc) is 3.11. The Labute approximate surface area is 167 Å². The highest BCUT2D eigenvalue weighted by Gasteiger charge is 2.10. The van der Waals surface area contributed by atoms with Crippen LogP contribution in [0.1, 0.15) is 16.1 Å². The second kappa shape index (κ2) is 8.10. The van der Waals surface area contributed by atoms with Gasteiger partial charge in [0.1, 0.15) is 17.8 Å². The van der Waals surface area contributed by atoms with E-state index in [1.54, 1.807) is 18.2 Å². The Morgan fingerprint density at radius 1 is 1.07 bits per heavy atom. The zero-order chi connectivity index (χ0) is 19.3. The van der Waals surface area contributed by atoms with Crippen LogP contribution in [0, 0.1) is 0 Å². The first-order valence-electron chi connectivity index (χ1n) is 8.87. The number of nitrogens with zero attached hydrogens (tertiary/aromatic N) is 2. The third-order valence-electron chi connectivity index (χ3n) is 4.35. The molecule has 6 nitrogen and oxygen atoms in total. The second-order valence-electron chi connectivity index (χ2n) is 6.29. The van der Waals surface area contributed by atoms with Gasteiger partial charge in [-0.1, -0.05) is 35.9 Å². The molecule has 0 aliphatic carbocycles. The van der Waals surface area contributed by atoms with Crippen LogP contribution in [0.3, 0.4) is 0 Å². The van der Waals surface area contributed by atoms with Gasteiger partial charge in [-0.25, -0.2) is 9.97 Å². The zero-order valence-electron chi connectivity index (χ0n) is 14.9. The van der Waals surface area contributed by atoms with Crippen LogP contribution in [0.4, 0.5) is 11.5 Å². The predicted octanol–water partition coefficient (Wildman–Crippen LogP) is 4.33. The summed E-state index contributed by atoms with van der Waals surface area (Å²) >= 11 is 5.99. The molecule has 0 bridgehead atoms. The van der Waals surface area contributed by atoms with Crippen LogP contribution in [-0.4, -0.2) is 27.4 Å². The Balaban J connectivity index is 1.38. The van der Waals surface area contributed by atoms with Gasteiger partial charge in [0.05, 0.1) is 0 Å². The lowest BCUT2D eigenvalue weighted by atomic mass is 10.1. The molecule has 0 fully saturated rings. The van der Waals surface area contributed by atoms with Gasteiger partial charge in [0.15, 0.2) is 0 Å². The number of benzene rings is 2. The molecule has 140 valence electrons. The number of halogens is 1. The molecule has 0 saturated carbocycles. The monoisotopic (exact) mass is 391 g/mol. The molecule has 0 aliphatic rings. The van der Waals surface area contributed by atoms with E-state index in [-0.39, 0.29) is 5.91 Å². The van der Waals surface area contributed by atoms with Crippen LogP contribution in [0.2, 0.25) is 5.02 Å². The summed E-state index contributed by atoms with van der Waals surface area (Å²) in [6.45, 7) is 0.516. The third kappa shape index (κ3) is 4.13. The summed E-state index contributed by atoms with van der Waals surface area (Å²) in [7, 11) is 0. The van der Waals surface area contributed by atoms with Gasteiger partial charge in [0.25, 0.3) is 5.91 Å². The molecule has 28 heavy (non-hydrogen) atoms. The van der Waals surface area contributed by atoms with Gasteiger partial charge in [-0.3, -0.25) is 4.79 Å². The molecule has 0 radical (unpaired) electrons. The Hall–Kier alpha value is -3.38. The highest BCUT2D eigenvalue weighted by atomic mass is 35.5. The molecular weight excluding hydrogens is 374 g/mol. The first kappa shape index (κ1) is 18.0. The smallest absolute Gasteiger partial charge is 0.270 e. The minimum atomic E-state index is -0.239. The first-order valence-corrected chi connectivity index (χ1v) is 9.25. The fourth-order valence-electron chi connectivity index (χ4n) is 3.00. The van der Waals surface area contributed by atoms with Gasteiger partial charge in [-0.15, -0.1) is 0 Å². The molecular formula is C21H18ClN5O. The summed E-state index contributed by atoms with van der Waals surface area (Å²) in [6, 6.07) is 17.0. The lowest BCUT2D eigenvalue weighted by Crippen LogP contribution is -2.26. The van der Waals surface area contributed by atoms with Crippen molar-refractivity contribution in [2.75, 3.05) is 11.9 Å². The molecule has 2 heterocycles. The normalized spacial score (nSPS) is 10.8. The van der Waals surface area contributed by atoms with Gasteiger partial charge in [-0.2, -0.15) is 0 Å². The number of aromatic amines is 1. The standard InChI is InChI=1S/C21H18ClN5O/c22-15-4-3-5-16(10-15)27-20-11-19(25-13-26-20)21(28)23-9-8-14-12-24-18-7-2-1-6-17(14)18/h1-7,10-13,24H,8-9H2,(H,23,28)(H,25,26,27). The average molecular weight is 392 g/mol. The summed E-state index contributed by atoms with van der Waals surface area (Å²) in [6.07, 6.45) is 4.07. The van der Waals surface area contributed by atoms with Crippen molar-refractivity contribution in [2.45, 2.75) is 6.42 Å². The number of H-pyrrole nitrogens is 1. The quantitative estimate of drug-likeness (QED) is 0.457. The first-order chi connectivity index (χ1) is 13.7. The maximum atomic E-state index is 12.4. The number of rotatable bonds is 6. The second-order valence-corrected chi connectivity index (χ2v) is 6.73. The van der Waals surface area contributed by atoms with Crippen molar-refractivity contribution in [1.82, 2.24) is 20.3 Å². The third-order valence-corrected chi connectivity index (χ3v) is 4.59. The van der Waals surface area contributed by atoms with Gasteiger partial charge < -0.3 is 15.6 Å². The Morgan fingerprint density at radius 3 is 2.86 bits per heavy atom. The number of carbonyl (C=O) groups excluding carboxylic acids is 1. The minimum Gasteiger partial charge on any atom is -0.361 e. The van der Waals surface area contributed by atoms with Crippen LogP contribution < -0.4 is 10.6 Å². The van der Waals surface area contributed by atoms with E-state index in [9.17, 15) is 4.79 Å². The van der Waals surface area contributed by atoms with Crippen LogP contribution in [-0.2, 0) is 6.42 Å². The molecule has 4 rings (SSSR count). The van der Waals surface area contributed by atoms with E-state index in [0.29, 0.717) is 23.1 Å². The van der Waals surface area contributed by atoms with Crippen molar-refractivity contribution in [3.63, 3.8) is 0 Å². The molecule has 0 atom stereocenters. The fraction of sp³-hybridized carbons (Fsp3) is 0.0952. The number of amides is 1. The number of anilines is 2. The molecule has 0 aliphatic heterocycles. The summed E-state index contributed by atoms with van der Waals surface area (Å²) < 4.78 is 0. The summed E-state index contributed by atoms with van der Waals surface area (Å²) in [4.78, 5) is 23.9. The number of carbonyl (C=O) groups is 1. The van der Waals surface area contributed by atoms with Crippen molar-refractivity contribution < 1.29 is 4.79 Å². The number of nitrogens with one attached hydrogen (secondary N) is 3. The summed E-state index contributed by atoms with van der Waals surface area (Å²) in [5.74, 6) is 0.287. The van der Waals surface area contributed by atoms with Gasteiger partial charge >= 0.3 is 0 Å². The highest BCUT2D eigenvalue weighted by Crippen LogP contribution is 2.19. The van der Waals surface area contributed by atoms with E-state index < -0.39 is 0 Å². The van der Waals surface area contributed by atoms with Crippen molar-refractivity contribution in [1.29, 1.82) is 0 Å². The molecule has 3 N–H and O–H groups in total. The van der Waals surface area contributed by atoms with Crippen LogP contribution in [0.25, 0.3) is 10.9 Å². The molecule has 0 unspecified atom stereocenters. The molecule has 1 amide bonds. The number of para-hydroxylation sites is 1. The number of fused-ring (bicyclic) bond motifs is 1. The number of hydrogen-bond donors (Lipinski definition) is 3. The van der Waals surface area contributed by atoms with E-state index in [1.807, 2.05) is 36.5 Å². The van der Waals surface area contributed by atoms with E-state index in [1.165, 1.54) is 17.3 Å². The zero-order valence-corrected chi connectivity index (χ0v) is 15.7. The van der Waals surface area contributed by atoms with Gasteiger partial charge in [0.2, 0.25) is 0 Å². The van der Waals surface area contributed by atoms with Crippen molar-refractivity contribution in [3.05, 3.63) is 83.4 Å². The lowest BCUT2D eigenvalue weighted by molar-refractivity contribution is 0.0949. The lowest BCUT2D eigenvalue weighted by Gasteiger charge is -2.08. The fourth-order valence-corrected chi connectivity index (χ4v) is 3.19. The maximum absolute atomic E-state index is 12.4. The van der Waals surface area contributed by atoms with E-state index in [4.69, 9.17) is 11.6 Å². The molecule has 7 heteroatoms. The summed E-state index contributed by atoms with van der Waals surface area (Å²) in [5, 5.41) is 7.82. The van der Waals surface area contributed by atoms with Crippen LogP contribution in [0.15, 0.2) is 67.1 Å². The highest BCUT2D eigenvalue weighted by molar-refractivity contribution is 6.30. The topological polar surface area (TPSA) is 82.7 Å². The SMILES string of the molecule is O=C(NCCc1c[nH]c2ccccc12)c1cc(Nc2cccc(Cl)c2)ncn1. The van der Waals surface area contributed by atoms with E-state index >= 15 is 0 Å². The summed E-state index contributed by atoms with van der Waals surface area (Å²) in [5.41, 5.74) is 3.36. The number of hydrogen-bond acceptors (Lipinski definition) is 4. The van der Waals surface area contributed by atoms with Gasteiger partial charge in [-0.05, 0) is 36.2 Å². The Bertz CT molecular complexity index is 1120. The van der Waals surface area contributed by atoms with Crippen LogP contribution in [0.5, 0.6) is 0 Å². The number of aromatic nitrogens is 3. The van der Waals surface area contributed by atoms with Crippen LogP contribution >= 0.6 is 11.6 Å². The van der Waals surface area contributed by atoms with Gasteiger partial charge in [0, 0.05) is 40.4 Å². The minimum absolute atomic E-state index is 0.239. The van der Waals surface area contributed by atoms with E-state index in [0.717, 1.165) is 17.6 Å². The predicted molar refractivity (Wildman–Crippen MR) is 111 cm³/mol. The van der Waals surface area contributed by atoms with E-state index in [2.05, 4.69) is 31.7 Å². The van der Waals surface area contributed by atoms with Crippen molar-refractivity contribution in [2.24, 2.45) is 0 Å². The maximum Gasteiger partial charge on any atom is 0.270 e.